The molecule has 78 valence electrons. The number of carbonyl (C=O) groups excluding carboxylic acids is 1. The first-order chi connectivity index (χ1) is 6.02. The number of hydrogen-bond donors (Lipinski definition) is 2. The van der Waals surface area contributed by atoms with Gasteiger partial charge in [-0.3, -0.25) is 4.79 Å². The molecule has 0 rings (SSSR count). The monoisotopic (exact) mass is 186 g/mol. The lowest BCUT2D eigenvalue weighted by atomic mass is 10.2. The number of ketones is 1. The first-order valence-electron chi connectivity index (χ1n) is 5.01. The highest BCUT2D eigenvalue weighted by Crippen LogP contribution is 1.84. The van der Waals surface area contributed by atoms with Crippen molar-refractivity contribution in [3.8, 4) is 0 Å². The number of hydrogen-bond acceptors (Lipinski definition) is 3. The average molecular weight is 186 g/mol. The van der Waals surface area contributed by atoms with E-state index < -0.39 is 0 Å². The molecule has 0 aliphatic carbocycles. The minimum absolute atomic E-state index is 0.279. The molecule has 0 heterocycles. The molecule has 0 bridgehead atoms. The molecule has 0 fully saturated rings. The van der Waals surface area contributed by atoms with Crippen molar-refractivity contribution in [3.05, 3.63) is 0 Å². The number of carbonyl (C=O) groups is 1. The van der Waals surface area contributed by atoms with Gasteiger partial charge in [-0.15, -0.1) is 0 Å². The van der Waals surface area contributed by atoms with E-state index in [1.54, 1.807) is 0 Å². The van der Waals surface area contributed by atoms with E-state index in [1.807, 2.05) is 13.8 Å². The lowest BCUT2D eigenvalue weighted by molar-refractivity contribution is -0.118. The third-order valence-electron chi connectivity index (χ3n) is 1.66. The minimum atomic E-state index is 0.279. The Hall–Kier alpha value is -0.410. The van der Waals surface area contributed by atoms with Gasteiger partial charge in [-0.05, 0) is 0 Å². The highest BCUT2D eigenvalue weighted by Gasteiger charge is 2.02. The van der Waals surface area contributed by atoms with Crippen LogP contribution in [-0.2, 0) is 4.79 Å². The molecule has 3 nitrogen and oxygen atoms in total. The maximum atomic E-state index is 11.2. The third kappa shape index (κ3) is 9.50. The zero-order valence-corrected chi connectivity index (χ0v) is 9.18. The van der Waals surface area contributed by atoms with Gasteiger partial charge in [0.05, 0.1) is 6.54 Å². The van der Waals surface area contributed by atoms with Crippen LogP contribution in [-0.4, -0.2) is 31.0 Å². The zero-order valence-electron chi connectivity index (χ0n) is 9.18. The van der Waals surface area contributed by atoms with Crippen molar-refractivity contribution in [1.29, 1.82) is 0 Å². The lowest BCUT2D eigenvalue weighted by Gasteiger charge is -2.09. The zero-order chi connectivity index (χ0) is 10.3. The molecule has 2 N–H and O–H groups in total. The normalized spacial score (nSPS) is 11.2. The van der Waals surface area contributed by atoms with E-state index in [2.05, 4.69) is 24.5 Å². The largest absolute Gasteiger partial charge is 0.314 e. The van der Waals surface area contributed by atoms with Crippen molar-refractivity contribution in [3.63, 3.8) is 0 Å². The smallest absolute Gasteiger partial charge is 0.147 e. The Bertz CT molecular complexity index is 144. The van der Waals surface area contributed by atoms with Crippen LogP contribution in [0, 0.1) is 0 Å². The molecule has 13 heavy (non-hydrogen) atoms. The molecule has 0 saturated heterocycles. The van der Waals surface area contributed by atoms with Gasteiger partial charge in [0.15, 0.2) is 0 Å². The summed E-state index contributed by atoms with van der Waals surface area (Å²) in [6, 6.07) is 0.855. The van der Waals surface area contributed by atoms with Crippen molar-refractivity contribution in [2.75, 3.05) is 13.1 Å². The summed E-state index contributed by atoms with van der Waals surface area (Å²) in [6.45, 7) is 9.53. The van der Waals surface area contributed by atoms with E-state index in [1.165, 1.54) is 0 Å². The van der Waals surface area contributed by atoms with Gasteiger partial charge < -0.3 is 10.6 Å². The molecular formula is C10H22N2O. The van der Waals surface area contributed by atoms with Crippen molar-refractivity contribution in [2.24, 2.45) is 0 Å². The maximum absolute atomic E-state index is 11.2. The summed E-state index contributed by atoms with van der Waals surface area (Å²) in [4.78, 5) is 11.2. The molecule has 0 aromatic rings. The third-order valence-corrected chi connectivity index (χ3v) is 1.66. The van der Waals surface area contributed by atoms with Gasteiger partial charge >= 0.3 is 0 Å². The van der Waals surface area contributed by atoms with E-state index in [0.717, 1.165) is 6.54 Å². The predicted octanol–water partition coefficient (Wildman–Crippen LogP) is 0.942. The topological polar surface area (TPSA) is 41.1 Å². The summed E-state index contributed by atoms with van der Waals surface area (Å²) in [5.41, 5.74) is 0. The van der Waals surface area contributed by atoms with Crippen molar-refractivity contribution < 1.29 is 4.79 Å². The molecule has 0 aromatic carbocycles. The van der Waals surface area contributed by atoms with Crippen LogP contribution < -0.4 is 10.6 Å². The van der Waals surface area contributed by atoms with E-state index in [-0.39, 0.29) is 5.78 Å². The molecule has 0 amide bonds. The fraction of sp³-hybridized carbons (Fsp3) is 0.900. The second-order valence-corrected chi connectivity index (χ2v) is 3.93. The number of nitrogens with one attached hydrogen (secondary N) is 2. The highest BCUT2D eigenvalue weighted by molar-refractivity contribution is 5.80. The maximum Gasteiger partial charge on any atom is 0.147 e. The second kappa shape index (κ2) is 7.04. The predicted molar refractivity (Wildman–Crippen MR) is 55.9 cm³/mol. The Kier molecular flexibility index (Phi) is 6.82. The first-order valence-corrected chi connectivity index (χ1v) is 5.01. The van der Waals surface area contributed by atoms with Crippen LogP contribution in [0.25, 0.3) is 0 Å². The summed E-state index contributed by atoms with van der Waals surface area (Å²) >= 11 is 0. The van der Waals surface area contributed by atoms with E-state index >= 15 is 0 Å². The van der Waals surface area contributed by atoms with Crippen LogP contribution in [0.1, 0.15) is 34.1 Å². The fourth-order valence-electron chi connectivity index (χ4n) is 0.907. The van der Waals surface area contributed by atoms with Crippen molar-refractivity contribution >= 4 is 5.78 Å². The van der Waals surface area contributed by atoms with E-state index in [0.29, 0.717) is 25.0 Å². The SMILES string of the molecule is CC(C)NCCC(=O)CNC(C)C. The van der Waals surface area contributed by atoms with Crippen LogP contribution in [0.5, 0.6) is 0 Å². The second-order valence-electron chi connectivity index (χ2n) is 3.93. The molecule has 0 atom stereocenters. The van der Waals surface area contributed by atoms with Gasteiger partial charge in [0.2, 0.25) is 0 Å². The van der Waals surface area contributed by atoms with Crippen LogP contribution >= 0.6 is 0 Å². The van der Waals surface area contributed by atoms with Crippen molar-refractivity contribution in [2.45, 2.75) is 46.2 Å². The van der Waals surface area contributed by atoms with Gasteiger partial charge in [-0.25, -0.2) is 0 Å². The quantitative estimate of drug-likeness (QED) is 0.622. The summed E-state index contributed by atoms with van der Waals surface area (Å²) in [5.74, 6) is 0.279. The van der Waals surface area contributed by atoms with Crippen LogP contribution in [0.2, 0.25) is 0 Å². The Labute approximate surface area is 81.3 Å². The van der Waals surface area contributed by atoms with Gasteiger partial charge in [0.25, 0.3) is 0 Å². The Balaban J connectivity index is 3.30. The summed E-state index contributed by atoms with van der Waals surface area (Å²) in [6.07, 6.45) is 0.623. The van der Waals surface area contributed by atoms with Gasteiger partial charge in [-0.2, -0.15) is 0 Å². The first kappa shape index (κ1) is 12.6. The number of Topliss-reactive ketones (excluding diaryl/α,β-unsaturated/α-hetero) is 1. The minimum Gasteiger partial charge on any atom is -0.314 e. The van der Waals surface area contributed by atoms with Crippen LogP contribution in [0.3, 0.4) is 0 Å². The molecule has 0 unspecified atom stereocenters. The summed E-state index contributed by atoms with van der Waals surface area (Å²) < 4.78 is 0. The highest BCUT2D eigenvalue weighted by atomic mass is 16.1. The van der Waals surface area contributed by atoms with Gasteiger partial charge in [0, 0.05) is 25.0 Å². The molecule has 0 aliphatic heterocycles. The molecule has 0 aliphatic rings. The lowest BCUT2D eigenvalue weighted by Crippen LogP contribution is -2.32. The fourth-order valence-corrected chi connectivity index (χ4v) is 0.907. The molecular weight excluding hydrogens is 164 g/mol. The molecule has 3 heteroatoms. The Morgan fingerprint density at radius 3 is 2.08 bits per heavy atom. The van der Waals surface area contributed by atoms with E-state index in [4.69, 9.17) is 0 Å². The van der Waals surface area contributed by atoms with Crippen molar-refractivity contribution in [1.82, 2.24) is 10.6 Å². The molecule has 0 aromatic heterocycles. The van der Waals surface area contributed by atoms with Crippen LogP contribution in [0.4, 0.5) is 0 Å². The van der Waals surface area contributed by atoms with Crippen LogP contribution in [0.15, 0.2) is 0 Å². The molecule has 0 spiro atoms. The Morgan fingerprint density at radius 1 is 1.08 bits per heavy atom. The Morgan fingerprint density at radius 2 is 1.62 bits per heavy atom. The number of rotatable bonds is 7. The standard InChI is InChI=1S/C10H22N2O/c1-8(2)11-6-5-10(13)7-12-9(3)4/h8-9,11-12H,5-7H2,1-4H3. The van der Waals surface area contributed by atoms with Gasteiger partial charge in [-0.1, -0.05) is 27.7 Å². The van der Waals surface area contributed by atoms with Gasteiger partial charge in [0.1, 0.15) is 5.78 Å². The summed E-state index contributed by atoms with van der Waals surface area (Å²) in [7, 11) is 0. The molecule has 0 saturated carbocycles. The molecule has 0 radical (unpaired) electrons. The van der Waals surface area contributed by atoms with E-state index in [9.17, 15) is 4.79 Å². The average Bonchev–Trinajstić information content (AvgIpc) is 2.00. The summed E-state index contributed by atoms with van der Waals surface area (Å²) in [5, 5.41) is 6.32.